The summed E-state index contributed by atoms with van der Waals surface area (Å²) in [4.78, 5) is 8.47. The van der Waals surface area contributed by atoms with Crippen LogP contribution in [0.2, 0.25) is 0 Å². The van der Waals surface area contributed by atoms with Gasteiger partial charge in [-0.25, -0.2) is 9.67 Å². The number of benzene rings is 1. The van der Waals surface area contributed by atoms with Gasteiger partial charge in [0.15, 0.2) is 5.54 Å². The molecule has 10 nitrogen and oxygen atoms in total. The van der Waals surface area contributed by atoms with Gasteiger partial charge in [0.25, 0.3) is 0 Å². The van der Waals surface area contributed by atoms with E-state index in [0.29, 0.717) is 39.9 Å². The van der Waals surface area contributed by atoms with Gasteiger partial charge < -0.3 is 10.6 Å². The molecule has 5 rings (SSSR count). The number of nitrogens with one attached hydrogen (secondary N) is 2. The monoisotopic (exact) mass is 570 g/mol. The van der Waals surface area contributed by atoms with Crippen LogP contribution in [0.25, 0.3) is 10.9 Å². The SMILES string of the molecule is CC(C)(C)CNc1c(C#N)cnc2c(C#N)cc(NC(c3ccc(C#N)nc3)c3cn(C4(C(F)(F)F)CC4)nn3)cc12. The van der Waals surface area contributed by atoms with Crippen molar-refractivity contribution in [1.82, 2.24) is 25.0 Å². The largest absolute Gasteiger partial charge is 0.413 e. The van der Waals surface area contributed by atoms with E-state index in [0.717, 1.165) is 4.68 Å². The number of aromatic nitrogens is 5. The third-order valence-electron chi connectivity index (χ3n) is 7.05. The van der Waals surface area contributed by atoms with E-state index in [1.54, 1.807) is 18.2 Å². The third kappa shape index (κ3) is 5.27. The Kier molecular flexibility index (Phi) is 6.95. The topological polar surface area (TPSA) is 152 Å². The Labute approximate surface area is 239 Å². The van der Waals surface area contributed by atoms with Gasteiger partial charge in [-0.3, -0.25) is 4.98 Å². The molecule has 1 saturated carbocycles. The lowest BCUT2D eigenvalue weighted by Gasteiger charge is -2.22. The number of alkyl halides is 3. The third-order valence-corrected chi connectivity index (χ3v) is 7.05. The van der Waals surface area contributed by atoms with E-state index >= 15 is 0 Å². The summed E-state index contributed by atoms with van der Waals surface area (Å²) in [6, 6.07) is 11.8. The molecular weight excluding hydrogens is 545 g/mol. The van der Waals surface area contributed by atoms with Crippen molar-refractivity contribution in [3.63, 3.8) is 0 Å². The van der Waals surface area contributed by atoms with E-state index in [-0.39, 0.29) is 35.2 Å². The number of halogens is 3. The van der Waals surface area contributed by atoms with Gasteiger partial charge in [0.2, 0.25) is 0 Å². The summed E-state index contributed by atoms with van der Waals surface area (Å²) < 4.78 is 42.3. The molecule has 0 aliphatic heterocycles. The van der Waals surface area contributed by atoms with Gasteiger partial charge >= 0.3 is 6.18 Å². The molecule has 1 unspecified atom stereocenters. The first-order valence-electron chi connectivity index (χ1n) is 13.0. The van der Waals surface area contributed by atoms with Crippen LogP contribution in [0.1, 0.15) is 67.7 Å². The van der Waals surface area contributed by atoms with Crippen LogP contribution in [0, 0.1) is 39.4 Å². The Morgan fingerprint density at radius 1 is 1.00 bits per heavy atom. The Morgan fingerprint density at radius 2 is 1.74 bits per heavy atom. The van der Waals surface area contributed by atoms with Crippen LogP contribution in [0.15, 0.2) is 42.9 Å². The van der Waals surface area contributed by atoms with E-state index in [2.05, 4.69) is 43.1 Å². The minimum absolute atomic E-state index is 0.0927. The summed E-state index contributed by atoms with van der Waals surface area (Å²) in [6.07, 6.45) is -0.564. The fraction of sp³-hybridized carbons (Fsp3) is 0.345. The maximum absolute atomic E-state index is 13.8. The highest BCUT2D eigenvalue weighted by Gasteiger charge is 2.66. The van der Waals surface area contributed by atoms with Crippen molar-refractivity contribution in [3.8, 4) is 18.2 Å². The summed E-state index contributed by atoms with van der Waals surface area (Å²) in [7, 11) is 0. The van der Waals surface area contributed by atoms with Crippen molar-refractivity contribution < 1.29 is 13.2 Å². The molecule has 4 aromatic rings. The number of rotatable bonds is 7. The number of nitrogens with zero attached hydrogens (tertiary/aromatic N) is 8. The molecule has 1 fully saturated rings. The second-order valence-electron chi connectivity index (χ2n) is 11.4. The minimum atomic E-state index is -4.49. The molecule has 1 aromatic carbocycles. The van der Waals surface area contributed by atoms with Crippen molar-refractivity contribution in [1.29, 1.82) is 15.8 Å². The zero-order valence-electron chi connectivity index (χ0n) is 23.0. The fourth-order valence-electron chi connectivity index (χ4n) is 4.62. The van der Waals surface area contributed by atoms with E-state index in [4.69, 9.17) is 0 Å². The summed E-state index contributed by atoms with van der Waals surface area (Å²) >= 11 is 0. The molecule has 0 radical (unpaired) electrons. The highest BCUT2D eigenvalue weighted by Crippen LogP contribution is 2.55. The molecule has 1 atom stereocenters. The number of fused-ring (bicyclic) bond motifs is 1. The predicted octanol–water partition coefficient (Wildman–Crippen LogP) is 5.55. The lowest BCUT2D eigenvalue weighted by molar-refractivity contribution is -0.182. The van der Waals surface area contributed by atoms with Crippen LogP contribution >= 0.6 is 0 Å². The fourth-order valence-corrected chi connectivity index (χ4v) is 4.62. The van der Waals surface area contributed by atoms with Crippen LogP contribution < -0.4 is 10.6 Å². The molecule has 212 valence electrons. The molecule has 0 saturated heterocycles. The minimum Gasteiger partial charge on any atom is -0.383 e. The van der Waals surface area contributed by atoms with Gasteiger partial charge in [-0.05, 0) is 42.0 Å². The average molecular weight is 571 g/mol. The molecule has 42 heavy (non-hydrogen) atoms. The van der Waals surface area contributed by atoms with Crippen LogP contribution in [-0.4, -0.2) is 37.7 Å². The van der Waals surface area contributed by atoms with Crippen LogP contribution in [0.4, 0.5) is 24.5 Å². The standard InChI is InChI=1S/C29H25F3N10/c1-27(2,3)16-38-25-19(11-34)14-37-24-18(10-33)8-21(9-22(24)25)39-26(17-4-5-20(12-35)36-13-17)23-15-42(41-40-23)28(6-7-28)29(30,31)32/h4-5,8-9,13-15,26,39H,6-7,16H2,1-3H3,(H,37,38). The van der Waals surface area contributed by atoms with Crippen LogP contribution in [0.3, 0.4) is 0 Å². The van der Waals surface area contributed by atoms with Gasteiger partial charge in [0, 0.05) is 30.0 Å². The second kappa shape index (κ2) is 10.3. The number of nitriles is 3. The molecule has 13 heteroatoms. The molecule has 1 aliphatic rings. The highest BCUT2D eigenvalue weighted by atomic mass is 19.4. The molecule has 1 aliphatic carbocycles. The lowest BCUT2D eigenvalue weighted by atomic mass is 9.96. The summed E-state index contributed by atoms with van der Waals surface area (Å²) in [5, 5.41) is 44.0. The van der Waals surface area contributed by atoms with Crippen LogP contribution in [0.5, 0.6) is 0 Å². The van der Waals surface area contributed by atoms with E-state index in [1.165, 1.54) is 24.7 Å². The van der Waals surface area contributed by atoms with Crippen molar-refractivity contribution in [3.05, 3.63) is 70.9 Å². The summed E-state index contributed by atoms with van der Waals surface area (Å²) in [5.74, 6) is 0. The Hall–Kier alpha value is -5.22. The van der Waals surface area contributed by atoms with Gasteiger partial charge in [-0.15, -0.1) is 5.10 Å². The smallest absolute Gasteiger partial charge is 0.383 e. The number of hydrogen-bond donors (Lipinski definition) is 2. The van der Waals surface area contributed by atoms with Crippen molar-refractivity contribution in [2.45, 2.75) is 51.4 Å². The average Bonchev–Trinajstić information content (AvgIpc) is 3.65. The first-order valence-corrected chi connectivity index (χ1v) is 13.0. The predicted molar refractivity (Wildman–Crippen MR) is 147 cm³/mol. The second-order valence-corrected chi connectivity index (χ2v) is 11.4. The quantitative estimate of drug-likeness (QED) is 0.291. The van der Waals surface area contributed by atoms with Crippen LogP contribution in [-0.2, 0) is 5.54 Å². The van der Waals surface area contributed by atoms with Gasteiger partial charge in [-0.1, -0.05) is 32.1 Å². The normalized spacial score (nSPS) is 14.8. The number of hydrogen-bond acceptors (Lipinski definition) is 9. The number of pyridine rings is 2. The molecule has 0 bridgehead atoms. The first kappa shape index (κ1) is 28.3. The van der Waals surface area contributed by atoms with E-state index < -0.39 is 17.8 Å². The van der Waals surface area contributed by atoms with Crippen molar-refractivity contribution in [2.24, 2.45) is 5.41 Å². The molecular formula is C29H25F3N10. The summed E-state index contributed by atoms with van der Waals surface area (Å²) in [6.45, 7) is 6.65. The Morgan fingerprint density at radius 3 is 2.31 bits per heavy atom. The molecule has 0 spiro atoms. The van der Waals surface area contributed by atoms with Crippen molar-refractivity contribution >= 4 is 22.3 Å². The lowest BCUT2D eigenvalue weighted by Crippen LogP contribution is -2.35. The Bertz CT molecular complexity index is 1780. The highest BCUT2D eigenvalue weighted by molar-refractivity contribution is 5.99. The van der Waals surface area contributed by atoms with Crippen molar-refractivity contribution in [2.75, 3.05) is 17.2 Å². The van der Waals surface area contributed by atoms with E-state index in [1.807, 2.05) is 26.8 Å². The van der Waals surface area contributed by atoms with Gasteiger partial charge in [0.05, 0.1) is 34.6 Å². The summed E-state index contributed by atoms with van der Waals surface area (Å²) in [5.41, 5.74) is 0.506. The zero-order chi connectivity index (χ0) is 30.3. The molecule has 2 N–H and O–H groups in total. The van der Waals surface area contributed by atoms with Gasteiger partial charge in [-0.2, -0.15) is 29.0 Å². The first-order chi connectivity index (χ1) is 19.9. The Balaban J connectivity index is 1.62. The molecule has 3 aromatic heterocycles. The van der Waals surface area contributed by atoms with E-state index in [9.17, 15) is 29.0 Å². The number of anilines is 2. The maximum Gasteiger partial charge on any atom is 0.413 e. The maximum atomic E-state index is 13.8. The van der Waals surface area contributed by atoms with Gasteiger partial charge in [0.1, 0.15) is 29.6 Å². The molecule has 3 heterocycles. The molecule has 0 amide bonds. The zero-order valence-corrected chi connectivity index (χ0v) is 23.0.